The summed E-state index contributed by atoms with van der Waals surface area (Å²) < 4.78 is 11.2. The van der Waals surface area contributed by atoms with E-state index in [0.29, 0.717) is 37.1 Å². The molecule has 1 amide bonds. The van der Waals surface area contributed by atoms with Crippen LogP contribution in [-0.4, -0.2) is 40.7 Å². The van der Waals surface area contributed by atoms with Crippen molar-refractivity contribution in [2.45, 2.75) is 45.4 Å². The first kappa shape index (κ1) is 22.1. The van der Waals surface area contributed by atoms with E-state index in [0.717, 1.165) is 43.7 Å². The number of carbonyl (C=O) groups is 1. The summed E-state index contributed by atoms with van der Waals surface area (Å²) in [5, 5.41) is 8.19. The van der Waals surface area contributed by atoms with Gasteiger partial charge in [0, 0.05) is 31.5 Å². The third-order valence-corrected chi connectivity index (χ3v) is 6.08. The number of piperidine rings is 1. The molecule has 4 rings (SSSR count). The van der Waals surface area contributed by atoms with Crippen molar-refractivity contribution in [1.29, 1.82) is 0 Å². The third-order valence-electron chi connectivity index (χ3n) is 6.08. The van der Waals surface area contributed by atoms with Crippen LogP contribution in [-0.2, 0) is 17.6 Å². The summed E-state index contributed by atoms with van der Waals surface area (Å²) in [7, 11) is 0. The second kappa shape index (κ2) is 10.9. The number of nitrogens with zero attached hydrogens (tertiary/aromatic N) is 3. The lowest BCUT2D eigenvalue weighted by Crippen LogP contribution is -2.38. The van der Waals surface area contributed by atoms with Crippen molar-refractivity contribution in [3.05, 3.63) is 66.1 Å². The Morgan fingerprint density at radius 3 is 2.50 bits per heavy atom. The third kappa shape index (κ3) is 5.96. The molecular weight excluding hydrogens is 402 g/mol. The number of amides is 1. The number of ether oxygens (including phenoxy) is 1. The molecule has 0 bridgehead atoms. The fourth-order valence-electron chi connectivity index (χ4n) is 4.18. The molecule has 2 aromatic carbocycles. The van der Waals surface area contributed by atoms with Crippen LogP contribution in [0.15, 0.2) is 59.0 Å². The van der Waals surface area contributed by atoms with E-state index < -0.39 is 0 Å². The van der Waals surface area contributed by atoms with Gasteiger partial charge in [-0.1, -0.05) is 30.3 Å². The van der Waals surface area contributed by atoms with E-state index in [1.165, 1.54) is 12.0 Å². The molecule has 0 aliphatic carbocycles. The Bertz CT molecular complexity index is 977. The molecule has 6 heteroatoms. The predicted octanol–water partition coefficient (Wildman–Crippen LogP) is 4.94. The van der Waals surface area contributed by atoms with Crippen LogP contribution in [0.25, 0.3) is 11.5 Å². The van der Waals surface area contributed by atoms with E-state index in [2.05, 4.69) is 22.3 Å². The van der Waals surface area contributed by atoms with Gasteiger partial charge in [-0.15, -0.1) is 10.2 Å². The van der Waals surface area contributed by atoms with Crippen molar-refractivity contribution in [3.63, 3.8) is 0 Å². The number of rotatable bonds is 9. The summed E-state index contributed by atoms with van der Waals surface area (Å²) in [6, 6.07) is 18.1. The molecular formula is C26H31N3O3. The molecule has 0 N–H and O–H groups in total. The maximum absolute atomic E-state index is 12.6. The number of aryl methyl sites for hydroxylation is 2. The van der Waals surface area contributed by atoms with E-state index in [-0.39, 0.29) is 5.91 Å². The molecule has 6 nitrogen and oxygen atoms in total. The molecule has 1 aliphatic heterocycles. The summed E-state index contributed by atoms with van der Waals surface area (Å²) in [6.07, 6.45) is 5.28. The van der Waals surface area contributed by atoms with Crippen LogP contribution in [0.1, 0.15) is 44.1 Å². The van der Waals surface area contributed by atoms with Crippen LogP contribution in [0, 0.1) is 5.92 Å². The van der Waals surface area contributed by atoms with Gasteiger partial charge in [0.25, 0.3) is 0 Å². The van der Waals surface area contributed by atoms with Crippen LogP contribution in [0.2, 0.25) is 0 Å². The van der Waals surface area contributed by atoms with Gasteiger partial charge in [0.15, 0.2) is 0 Å². The summed E-state index contributed by atoms with van der Waals surface area (Å²) in [5.41, 5.74) is 2.24. The number of hydrogen-bond acceptors (Lipinski definition) is 5. The Balaban J connectivity index is 1.17. The maximum Gasteiger partial charge on any atom is 0.247 e. The zero-order chi connectivity index (χ0) is 22.2. The average molecular weight is 434 g/mol. The van der Waals surface area contributed by atoms with Gasteiger partial charge in [0.05, 0.1) is 6.61 Å². The first-order chi connectivity index (χ1) is 15.7. The minimum absolute atomic E-state index is 0.175. The molecule has 1 aromatic heterocycles. The van der Waals surface area contributed by atoms with Crippen molar-refractivity contribution in [2.75, 3.05) is 19.7 Å². The average Bonchev–Trinajstić information content (AvgIpc) is 3.32. The Kier molecular flexibility index (Phi) is 7.54. The second-order valence-electron chi connectivity index (χ2n) is 8.31. The summed E-state index contributed by atoms with van der Waals surface area (Å²) in [6.45, 7) is 4.37. The Morgan fingerprint density at radius 2 is 1.78 bits per heavy atom. The highest BCUT2D eigenvalue weighted by atomic mass is 16.5. The van der Waals surface area contributed by atoms with Crippen molar-refractivity contribution in [2.24, 2.45) is 5.92 Å². The minimum atomic E-state index is 0.175. The zero-order valence-electron chi connectivity index (χ0n) is 18.7. The molecule has 0 unspecified atom stereocenters. The first-order valence-electron chi connectivity index (χ1n) is 11.6. The molecule has 1 saturated heterocycles. The summed E-state index contributed by atoms with van der Waals surface area (Å²) >= 11 is 0. The number of hydrogen-bond donors (Lipinski definition) is 0. The Morgan fingerprint density at radius 1 is 1.03 bits per heavy atom. The van der Waals surface area contributed by atoms with Gasteiger partial charge < -0.3 is 14.1 Å². The molecule has 168 valence electrons. The molecule has 0 spiro atoms. The molecule has 2 heterocycles. The van der Waals surface area contributed by atoms with Gasteiger partial charge in [-0.2, -0.15) is 0 Å². The van der Waals surface area contributed by atoms with Crippen LogP contribution in [0.3, 0.4) is 0 Å². The normalized spacial score (nSPS) is 14.5. The quantitative estimate of drug-likeness (QED) is 0.478. The van der Waals surface area contributed by atoms with Gasteiger partial charge >= 0.3 is 0 Å². The molecule has 1 fully saturated rings. The van der Waals surface area contributed by atoms with Gasteiger partial charge in [-0.3, -0.25) is 4.79 Å². The highest BCUT2D eigenvalue weighted by Gasteiger charge is 2.23. The topological polar surface area (TPSA) is 68.5 Å². The highest BCUT2D eigenvalue weighted by molar-refractivity contribution is 5.76. The smallest absolute Gasteiger partial charge is 0.247 e. The SMILES string of the molecule is CCOc1ccc(CCC2CCN(C(=O)CCc3nnc(-c4ccccc4)o3)CC2)cc1. The number of likely N-dealkylation sites (tertiary alicyclic amines) is 1. The molecule has 0 saturated carbocycles. The van der Waals surface area contributed by atoms with E-state index in [4.69, 9.17) is 9.15 Å². The fourth-order valence-corrected chi connectivity index (χ4v) is 4.18. The molecule has 0 atom stereocenters. The van der Waals surface area contributed by atoms with Gasteiger partial charge in [-0.05, 0) is 68.4 Å². The van der Waals surface area contributed by atoms with Gasteiger partial charge in [-0.25, -0.2) is 0 Å². The Hall–Kier alpha value is -3.15. The van der Waals surface area contributed by atoms with E-state index in [9.17, 15) is 4.79 Å². The minimum Gasteiger partial charge on any atom is -0.494 e. The van der Waals surface area contributed by atoms with Crippen LogP contribution < -0.4 is 4.74 Å². The summed E-state index contributed by atoms with van der Waals surface area (Å²) in [4.78, 5) is 14.6. The lowest BCUT2D eigenvalue weighted by Gasteiger charge is -2.32. The summed E-state index contributed by atoms with van der Waals surface area (Å²) in [5.74, 6) is 2.80. The van der Waals surface area contributed by atoms with Crippen molar-refractivity contribution in [1.82, 2.24) is 15.1 Å². The number of aromatic nitrogens is 2. The molecule has 0 radical (unpaired) electrons. The van der Waals surface area contributed by atoms with Crippen molar-refractivity contribution in [3.8, 4) is 17.2 Å². The highest BCUT2D eigenvalue weighted by Crippen LogP contribution is 2.24. The van der Waals surface area contributed by atoms with Gasteiger partial charge in [0.2, 0.25) is 17.7 Å². The lowest BCUT2D eigenvalue weighted by atomic mass is 9.90. The van der Waals surface area contributed by atoms with E-state index in [1.807, 2.05) is 54.3 Å². The van der Waals surface area contributed by atoms with Gasteiger partial charge in [0.1, 0.15) is 5.75 Å². The number of benzene rings is 2. The number of carbonyl (C=O) groups excluding carboxylic acids is 1. The van der Waals surface area contributed by atoms with Crippen molar-refractivity contribution < 1.29 is 13.9 Å². The van der Waals surface area contributed by atoms with E-state index >= 15 is 0 Å². The monoisotopic (exact) mass is 433 g/mol. The molecule has 32 heavy (non-hydrogen) atoms. The first-order valence-corrected chi connectivity index (χ1v) is 11.6. The fraction of sp³-hybridized carbons (Fsp3) is 0.423. The van der Waals surface area contributed by atoms with Crippen LogP contribution in [0.4, 0.5) is 0 Å². The standard InChI is InChI=1S/C26H31N3O3/c1-2-31-23-12-10-20(11-13-23)8-9-21-16-18-29(19-17-21)25(30)15-14-24-27-28-26(32-24)22-6-4-3-5-7-22/h3-7,10-13,21H,2,8-9,14-19H2,1H3. The van der Waals surface area contributed by atoms with Crippen LogP contribution >= 0.6 is 0 Å². The lowest BCUT2D eigenvalue weighted by molar-refractivity contribution is -0.132. The predicted molar refractivity (Wildman–Crippen MR) is 123 cm³/mol. The largest absolute Gasteiger partial charge is 0.494 e. The van der Waals surface area contributed by atoms with Crippen molar-refractivity contribution >= 4 is 5.91 Å². The van der Waals surface area contributed by atoms with Crippen LogP contribution in [0.5, 0.6) is 5.75 Å². The molecule has 1 aliphatic rings. The Labute approximate surface area is 189 Å². The van der Waals surface area contributed by atoms with E-state index in [1.54, 1.807) is 0 Å². The zero-order valence-corrected chi connectivity index (χ0v) is 18.7. The maximum atomic E-state index is 12.6. The molecule has 3 aromatic rings. The second-order valence-corrected chi connectivity index (χ2v) is 8.31.